The van der Waals surface area contributed by atoms with Gasteiger partial charge in [-0.3, -0.25) is 9.13 Å². The van der Waals surface area contributed by atoms with Crippen molar-refractivity contribution in [2.75, 3.05) is 0 Å². The molecule has 0 atom stereocenters. The summed E-state index contributed by atoms with van der Waals surface area (Å²) in [6.07, 6.45) is 0. The van der Waals surface area contributed by atoms with Crippen LogP contribution in [0.25, 0.3) is 122 Å². The Kier molecular flexibility index (Phi) is 6.35. The van der Waals surface area contributed by atoms with Gasteiger partial charge in [0.25, 0.3) is 0 Å². The van der Waals surface area contributed by atoms with E-state index >= 15 is 0 Å². The van der Waals surface area contributed by atoms with E-state index in [0.29, 0.717) is 0 Å². The summed E-state index contributed by atoms with van der Waals surface area (Å²) in [4.78, 5) is 10.6. The quantitative estimate of drug-likeness (QED) is 0.180. The lowest BCUT2D eigenvalue weighted by Gasteiger charge is -2.14. The van der Waals surface area contributed by atoms with Crippen LogP contribution in [-0.2, 0) is 0 Å². The van der Waals surface area contributed by atoms with E-state index in [0.717, 1.165) is 105 Å². The van der Waals surface area contributed by atoms with Crippen LogP contribution in [0, 0.1) is 0 Å². The number of rotatable bonds is 4. The molecule has 0 saturated heterocycles. The lowest BCUT2D eigenvalue weighted by Crippen LogP contribution is -1.98. The maximum absolute atomic E-state index is 6.19. The molecule has 0 spiro atoms. The summed E-state index contributed by atoms with van der Waals surface area (Å²) in [5, 5.41) is 6.69. The second-order valence-electron chi connectivity index (χ2n) is 14.9. The minimum atomic E-state index is 0.774. The van der Waals surface area contributed by atoms with Crippen LogP contribution in [0.2, 0.25) is 0 Å². The predicted octanol–water partition coefficient (Wildman–Crippen LogP) is 13.8. The van der Waals surface area contributed by atoms with E-state index in [4.69, 9.17) is 18.8 Å². The zero-order valence-corrected chi connectivity index (χ0v) is 30.9. The van der Waals surface area contributed by atoms with Gasteiger partial charge in [0.15, 0.2) is 11.2 Å². The number of benzene rings is 7. The molecule has 0 saturated carbocycles. The molecule has 0 amide bonds. The van der Waals surface area contributed by atoms with Crippen LogP contribution in [0.1, 0.15) is 0 Å². The first-order valence-corrected chi connectivity index (χ1v) is 19.5. The number of para-hydroxylation sites is 4. The molecule has 0 aliphatic heterocycles. The topological polar surface area (TPSA) is 61.9 Å². The van der Waals surface area contributed by atoms with Gasteiger partial charge in [-0.1, -0.05) is 103 Å². The number of furan rings is 2. The first-order chi connectivity index (χ1) is 28.7. The van der Waals surface area contributed by atoms with Crippen LogP contribution in [0.15, 0.2) is 191 Å². The standard InChI is InChI=1S/C52H30N4O2/c1-2-12-31(13-3-1)38-29-40-34-15-5-9-19-42(34)56(50-27-25-48-52(54-50)37-17-7-11-21-46(37)58-48)44(40)30-39(38)32-22-23-35-33-14-4-8-18-41(33)55(43(35)28-32)49-26-24-47-51(53-49)36-16-6-10-20-45(36)57-47/h1-30H. The van der Waals surface area contributed by atoms with Gasteiger partial charge < -0.3 is 8.83 Å². The van der Waals surface area contributed by atoms with Crippen LogP contribution in [0.4, 0.5) is 0 Å². The number of fused-ring (bicyclic) bond motifs is 12. The third-order valence-corrected chi connectivity index (χ3v) is 11.8. The summed E-state index contributed by atoms with van der Waals surface area (Å²) in [7, 11) is 0. The van der Waals surface area contributed by atoms with Crippen molar-refractivity contribution < 1.29 is 8.83 Å². The lowest BCUT2D eigenvalue weighted by atomic mass is 9.92. The summed E-state index contributed by atoms with van der Waals surface area (Å²) in [6, 6.07) is 63.9. The zero-order valence-electron chi connectivity index (χ0n) is 30.9. The first kappa shape index (κ1) is 31.3. The Labute approximate surface area is 330 Å². The van der Waals surface area contributed by atoms with Gasteiger partial charge in [0.05, 0.1) is 22.1 Å². The lowest BCUT2D eigenvalue weighted by molar-refractivity contribution is 0.667. The fourth-order valence-corrected chi connectivity index (χ4v) is 9.15. The highest BCUT2D eigenvalue weighted by Crippen LogP contribution is 2.43. The van der Waals surface area contributed by atoms with Gasteiger partial charge >= 0.3 is 0 Å². The number of nitrogens with zero attached hydrogens (tertiary/aromatic N) is 4. The Hall–Kier alpha value is -7.96. The van der Waals surface area contributed by atoms with E-state index in [-0.39, 0.29) is 0 Å². The Morgan fingerprint density at radius 3 is 1.41 bits per heavy atom. The van der Waals surface area contributed by atoms with Crippen LogP contribution in [0.3, 0.4) is 0 Å². The van der Waals surface area contributed by atoms with E-state index in [1.807, 2.05) is 48.5 Å². The molecule has 270 valence electrons. The fourth-order valence-electron chi connectivity index (χ4n) is 9.15. The molecule has 13 aromatic rings. The van der Waals surface area contributed by atoms with Gasteiger partial charge in [-0.25, -0.2) is 9.97 Å². The summed E-state index contributed by atoms with van der Waals surface area (Å²) in [5.74, 6) is 1.68. The molecule has 6 nitrogen and oxygen atoms in total. The van der Waals surface area contributed by atoms with Crippen LogP contribution in [0.5, 0.6) is 0 Å². The minimum Gasteiger partial charge on any atom is -0.454 e. The van der Waals surface area contributed by atoms with Gasteiger partial charge in [-0.05, 0) is 101 Å². The molecule has 0 aliphatic rings. The Morgan fingerprint density at radius 2 is 0.793 bits per heavy atom. The largest absolute Gasteiger partial charge is 0.454 e. The SMILES string of the molecule is c1ccc(-c2cc3c4ccccc4n(-c4ccc5oc6ccccc6c5n4)c3cc2-c2ccc3c4ccccc4n(-c4ccc5oc6ccccc6c5n4)c3c2)cc1. The molecule has 0 bridgehead atoms. The number of hydrogen-bond acceptors (Lipinski definition) is 4. The Balaban J connectivity index is 1.10. The van der Waals surface area contributed by atoms with Crippen molar-refractivity contribution in [1.29, 1.82) is 0 Å². The smallest absolute Gasteiger partial charge is 0.154 e. The Morgan fingerprint density at radius 1 is 0.310 bits per heavy atom. The molecule has 6 heterocycles. The highest BCUT2D eigenvalue weighted by atomic mass is 16.3. The van der Waals surface area contributed by atoms with Crippen molar-refractivity contribution in [2.24, 2.45) is 0 Å². The summed E-state index contributed by atoms with van der Waals surface area (Å²) >= 11 is 0. The molecule has 0 aliphatic carbocycles. The second kappa shape index (κ2) is 11.8. The van der Waals surface area contributed by atoms with Gasteiger partial charge in [0, 0.05) is 32.3 Å². The summed E-state index contributed by atoms with van der Waals surface area (Å²) in [5.41, 5.74) is 13.8. The molecule has 6 aromatic heterocycles. The van der Waals surface area contributed by atoms with Crippen LogP contribution < -0.4 is 0 Å². The van der Waals surface area contributed by atoms with Crippen LogP contribution in [-0.4, -0.2) is 19.1 Å². The average molecular weight is 743 g/mol. The van der Waals surface area contributed by atoms with Gasteiger partial charge in [-0.2, -0.15) is 0 Å². The van der Waals surface area contributed by atoms with E-state index in [1.54, 1.807) is 0 Å². The average Bonchev–Trinajstić information content (AvgIpc) is 4.03. The van der Waals surface area contributed by atoms with Crippen molar-refractivity contribution in [1.82, 2.24) is 19.1 Å². The highest BCUT2D eigenvalue weighted by molar-refractivity contribution is 6.14. The maximum Gasteiger partial charge on any atom is 0.154 e. The first-order valence-electron chi connectivity index (χ1n) is 19.5. The molecule has 0 N–H and O–H groups in total. The van der Waals surface area contributed by atoms with Gasteiger partial charge in [0.1, 0.15) is 33.8 Å². The molecule has 0 radical (unpaired) electrons. The molecule has 13 rings (SSSR count). The number of pyridine rings is 2. The fraction of sp³-hybridized carbons (Fsp3) is 0. The second-order valence-corrected chi connectivity index (χ2v) is 14.9. The predicted molar refractivity (Wildman–Crippen MR) is 236 cm³/mol. The Bertz CT molecular complexity index is 3810. The summed E-state index contributed by atoms with van der Waals surface area (Å²) in [6.45, 7) is 0. The van der Waals surface area contributed by atoms with E-state index < -0.39 is 0 Å². The monoisotopic (exact) mass is 742 g/mol. The van der Waals surface area contributed by atoms with Gasteiger partial charge in [0.2, 0.25) is 0 Å². The number of hydrogen-bond donors (Lipinski definition) is 0. The van der Waals surface area contributed by atoms with Crippen LogP contribution >= 0.6 is 0 Å². The zero-order chi connectivity index (χ0) is 37.9. The van der Waals surface area contributed by atoms with Crippen molar-refractivity contribution in [2.45, 2.75) is 0 Å². The van der Waals surface area contributed by atoms with Crippen molar-refractivity contribution >= 4 is 87.7 Å². The van der Waals surface area contributed by atoms with E-state index in [2.05, 4.69) is 143 Å². The minimum absolute atomic E-state index is 0.774. The van der Waals surface area contributed by atoms with Gasteiger partial charge in [-0.15, -0.1) is 0 Å². The molecule has 0 unspecified atom stereocenters. The molecule has 58 heavy (non-hydrogen) atoms. The molecular weight excluding hydrogens is 713 g/mol. The molecule has 6 heteroatoms. The normalized spacial score (nSPS) is 12.1. The van der Waals surface area contributed by atoms with E-state index in [9.17, 15) is 0 Å². The maximum atomic E-state index is 6.19. The third kappa shape index (κ3) is 4.42. The van der Waals surface area contributed by atoms with Crippen molar-refractivity contribution in [3.05, 3.63) is 182 Å². The highest BCUT2D eigenvalue weighted by Gasteiger charge is 2.21. The summed E-state index contributed by atoms with van der Waals surface area (Å²) < 4.78 is 17.0. The third-order valence-electron chi connectivity index (χ3n) is 11.8. The van der Waals surface area contributed by atoms with E-state index in [1.165, 1.54) is 16.2 Å². The molecular formula is C52H30N4O2. The number of aromatic nitrogens is 4. The molecule has 7 aromatic carbocycles. The van der Waals surface area contributed by atoms with Crippen molar-refractivity contribution in [3.8, 4) is 33.9 Å². The molecule has 0 fully saturated rings. The van der Waals surface area contributed by atoms with Crippen molar-refractivity contribution in [3.63, 3.8) is 0 Å².